The molecule has 0 spiro atoms. The van der Waals surface area contributed by atoms with Crippen LogP contribution in [-0.2, 0) is 0 Å². The van der Waals surface area contributed by atoms with Gasteiger partial charge in [0.2, 0.25) is 0 Å². The first-order valence-electron chi connectivity index (χ1n) is 13.6. The lowest BCUT2D eigenvalue weighted by molar-refractivity contribution is 0.669. The Labute approximate surface area is 236 Å². The van der Waals surface area contributed by atoms with E-state index >= 15 is 0 Å². The van der Waals surface area contributed by atoms with Crippen LogP contribution in [0.5, 0.6) is 0 Å². The van der Waals surface area contributed by atoms with Gasteiger partial charge < -0.3 is 4.42 Å². The average Bonchev–Trinajstić information content (AvgIpc) is 3.42. The molecule has 0 fully saturated rings. The van der Waals surface area contributed by atoms with Crippen molar-refractivity contribution in [2.75, 3.05) is 0 Å². The summed E-state index contributed by atoms with van der Waals surface area (Å²) in [5.41, 5.74) is 6.74. The topological polar surface area (TPSA) is 51.8 Å². The van der Waals surface area contributed by atoms with E-state index in [1.54, 1.807) is 0 Å². The summed E-state index contributed by atoms with van der Waals surface area (Å²) in [6, 6.07) is 47.5. The summed E-state index contributed by atoms with van der Waals surface area (Å²) in [6.07, 6.45) is 0. The highest BCUT2D eigenvalue weighted by Gasteiger charge is 2.16. The molecule has 0 aliphatic carbocycles. The maximum absolute atomic E-state index is 6.39. The van der Waals surface area contributed by atoms with E-state index in [2.05, 4.69) is 78.9 Å². The Morgan fingerprint density at radius 2 is 0.927 bits per heavy atom. The normalized spacial score (nSPS) is 11.4. The van der Waals surface area contributed by atoms with Crippen molar-refractivity contribution in [3.63, 3.8) is 0 Å². The molecule has 0 aliphatic heterocycles. The van der Waals surface area contributed by atoms with E-state index < -0.39 is 0 Å². The summed E-state index contributed by atoms with van der Waals surface area (Å²) in [4.78, 5) is 14.9. The molecule has 8 aromatic rings. The summed E-state index contributed by atoms with van der Waals surface area (Å²) in [5.74, 6) is 1.88. The van der Waals surface area contributed by atoms with Gasteiger partial charge in [0.1, 0.15) is 11.2 Å². The molecule has 0 bridgehead atoms. The fourth-order valence-electron chi connectivity index (χ4n) is 5.49. The second kappa shape index (κ2) is 9.54. The lowest BCUT2D eigenvalue weighted by Crippen LogP contribution is -2.00. The molecule has 41 heavy (non-hydrogen) atoms. The molecule has 2 aromatic heterocycles. The summed E-state index contributed by atoms with van der Waals surface area (Å²) in [7, 11) is 0. The highest BCUT2D eigenvalue weighted by molar-refractivity contribution is 6.07. The predicted octanol–water partition coefficient (Wildman–Crippen LogP) is 9.59. The molecule has 0 saturated carbocycles. The summed E-state index contributed by atoms with van der Waals surface area (Å²) < 4.78 is 6.39. The first-order valence-corrected chi connectivity index (χ1v) is 13.6. The molecule has 0 N–H and O–H groups in total. The van der Waals surface area contributed by atoms with E-state index in [-0.39, 0.29) is 0 Å². The van der Waals surface area contributed by atoms with Crippen molar-refractivity contribution in [1.29, 1.82) is 0 Å². The van der Waals surface area contributed by atoms with Gasteiger partial charge in [-0.1, -0.05) is 115 Å². The Morgan fingerprint density at radius 1 is 0.366 bits per heavy atom. The fourth-order valence-corrected chi connectivity index (χ4v) is 5.49. The van der Waals surface area contributed by atoms with Crippen LogP contribution in [0.3, 0.4) is 0 Å². The van der Waals surface area contributed by atoms with Crippen molar-refractivity contribution in [3.8, 4) is 45.3 Å². The Kier molecular flexibility index (Phi) is 5.42. The van der Waals surface area contributed by atoms with Crippen LogP contribution in [0.1, 0.15) is 0 Å². The molecule has 0 amide bonds. The zero-order valence-corrected chi connectivity index (χ0v) is 22.0. The smallest absolute Gasteiger partial charge is 0.164 e. The van der Waals surface area contributed by atoms with Gasteiger partial charge in [0.15, 0.2) is 17.5 Å². The number of hydrogen-bond donors (Lipinski definition) is 0. The minimum absolute atomic E-state index is 0.606. The monoisotopic (exact) mass is 525 g/mol. The summed E-state index contributed by atoms with van der Waals surface area (Å²) >= 11 is 0. The van der Waals surface area contributed by atoms with Gasteiger partial charge in [-0.15, -0.1) is 0 Å². The molecule has 192 valence electrons. The molecule has 0 aliphatic rings. The third-order valence-electron chi connectivity index (χ3n) is 7.54. The predicted molar refractivity (Wildman–Crippen MR) is 166 cm³/mol. The van der Waals surface area contributed by atoms with Crippen LogP contribution in [0.15, 0.2) is 144 Å². The molecule has 8 rings (SSSR count). The van der Waals surface area contributed by atoms with Crippen molar-refractivity contribution in [2.24, 2.45) is 0 Å². The fraction of sp³-hybridized carbons (Fsp3) is 0. The highest BCUT2D eigenvalue weighted by Crippen LogP contribution is 2.35. The minimum atomic E-state index is 0.606. The van der Waals surface area contributed by atoms with Crippen LogP contribution in [-0.4, -0.2) is 15.0 Å². The van der Waals surface area contributed by atoms with Crippen molar-refractivity contribution in [1.82, 2.24) is 15.0 Å². The number of fused-ring (bicyclic) bond motifs is 4. The van der Waals surface area contributed by atoms with Gasteiger partial charge in [0.05, 0.1) is 0 Å². The highest BCUT2D eigenvalue weighted by atomic mass is 16.3. The molecule has 0 unspecified atom stereocenters. The maximum Gasteiger partial charge on any atom is 0.164 e. The lowest BCUT2D eigenvalue weighted by Gasteiger charge is -2.10. The van der Waals surface area contributed by atoms with Crippen LogP contribution < -0.4 is 0 Å². The quantitative estimate of drug-likeness (QED) is 0.230. The Morgan fingerprint density at radius 3 is 1.68 bits per heavy atom. The number of rotatable bonds is 4. The third-order valence-corrected chi connectivity index (χ3v) is 7.54. The first kappa shape index (κ1) is 23.3. The first-order chi connectivity index (χ1) is 20.3. The van der Waals surface area contributed by atoms with E-state index in [0.717, 1.165) is 60.5 Å². The van der Waals surface area contributed by atoms with E-state index in [1.807, 2.05) is 60.7 Å². The largest absolute Gasteiger partial charge is 0.456 e. The number of benzene rings is 6. The molecule has 4 heteroatoms. The molecule has 0 atom stereocenters. The van der Waals surface area contributed by atoms with Gasteiger partial charge in [-0.2, -0.15) is 0 Å². The van der Waals surface area contributed by atoms with Gasteiger partial charge in [-0.25, -0.2) is 15.0 Å². The van der Waals surface area contributed by atoms with Crippen LogP contribution >= 0.6 is 0 Å². The Balaban J connectivity index is 1.30. The van der Waals surface area contributed by atoms with E-state index in [9.17, 15) is 0 Å². The minimum Gasteiger partial charge on any atom is -0.456 e. The van der Waals surface area contributed by atoms with Crippen LogP contribution in [0, 0.1) is 0 Å². The molecule has 0 saturated heterocycles. The van der Waals surface area contributed by atoms with Crippen molar-refractivity contribution in [2.45, 2.75) is 0 Å². The molecular formula is C37H23N3O. The second-order valence-electron chi connectivity index (χ2n) is 10.1. The number of furan rings is 1. The zero-order valence-electron chi connectivity index (χ0n) is 22.0. The van der Waals surface area contributed by atoms with Gasteiger partial charge in [-0.3, -0.25) is 0 Å². The van der Waals surface area contributed by atoms with E-state index in [1.165, 1.54) is 0 Å². The molecular weight excluding hydrogens is 502 g/mol. The maximum atomic E-state index is 6.39. The summed E-state index contributed by atoms with van der Waals surface area (Å²) in [6.45, 7) is 0. The lowest BCUT2D eigenvalue weighted by atomic mass is 10.0. The van der Waals surface area contributed by atoms with Crippen LogP contribution in [0.4, 0.5) is 0 Å². The van der Waals surface area contributed by atoms with Crippen LogP contribution in [0.25, 0.3) is 78.0 Å². The Bertz CT molecular complexity index is 2200. The van der Waals surface area contributed by atoms with Crippen molar-refractivity contribution >= 4 is 32.7 Å². The SMILES string of the molecule is c1ccc(-c2ccc3c(c2)oc2cc(-c4nc(-c5ccccc5)nc(-c5cccc6ccccc56)n4)ccc23)cc1. The third kappa shape index (κ3) is 4.14. The van der Waals surface area contributed by atoms with Gasteiger partial charge >= 0.3 is 0 Å². The standard InChI is InChI=1S/C37H23N3O/c1-3-10-24(11-4-1)27-18-20-30-31-21-19-28(23-34(31)41-33(30)22-27)36-38-35(26-13-5-2-6-14-26)39-37(40-36)32-17-9-15-25-12-7-8-16-29(25)32/h1-23H. The Hall–Kier alpha value is -5.61. The number of nitrogens with zero attached hydrogens (tertiary/aromatic N) is 3. The second-order valence-corrected chi connectivity index (χ2v) is 10.1. The summed E-state index contributed by atoms with van der Waals surface area (Å²) in [5, 5.41) is 4.40. The molecule has 6 aromatic carbocycles. The number of aromatic nitrogens is 3. The molecule has 2 heterocycles. The van der Waals surface area contributed by atoms with Crippen LogP contribution in [0.2, 0.25) is 0 Å². The molecule has 0 radical (unpaired) electrons. The molecule has 4 nitrogen and oxygen atoms in total. The van der Waals surface area contributed by atoms with Gasteiger partial charge in [-0.05, 0) is 46.2 Å². The van der Waals surface area contributed by atoms with Gasteiger partial charge in [0, 0.05) is 27.5 Å². The average molecular weight is 526 g/mol. The van der Waals surface area contributed by atoms with Gasteiger partial charge in [0.25, 0.3) is 0 Å². The zero-order chi connectivity index (χ0) is 27.2. The van der Waals surface area contributed by atoms with E-state index in [4.69, 9.17) is 19.4 Å². The number of hydrogen-bond acceptors (Lipinski definition) is 4. The van der Waals surface area contributed by atoms with Crippen molar-refractivity contribution in [3.05, 3.63) is 140 Å². The van der Waals surface area contributed by atoms with Crippen molar-refractivity contribution < 1.29 is 4.42 Å². The van der Waals surface area contributed by atoms with E-state index in [0.29, 0.717) is 17.5 Å².